The summed E-state index contributed by atoms with van der Waals surface area (Å²) < 4.78 is 0. The molecule has 0 radical (unpaired) electrons. The van der Waals surface area contributed by atoms with Crippen LogP contribution < -0.4 is 11.0 Å². The Labute approximate surface area is 89.7 Å². The lowest BCUT2D eigenvalue weighted by molar-refractivity contribution is 0.618. The number of hydrogen-bond donors (Lipinski definition) is 0. The summed E-state index contributed by atoms with van der Waals surface area (Å²) in [5.41, 5.74) is 1.05. The summed E-state index contributed by atoms with van der Waals surface area (Å²) in [6.45, 7) is 0. The van der Waals surface area contributed by atoms with Gasteiger partial charge in [-0.1, -0.05) is 23.2 Å². The molecule has 14 heavy (non-hydrogen) atoms. The van der Waals surface area contributed by atoms with Crippen LogP contribution in [0.1, 0.15) is 12.8 Å². The fraction of sp³-hybridized carbons (Fsp3) is 0.500. The van der Waals surface area contributed by atoms with Crippen LogP contribution in [0.4, 0.5) is 0 Å². The zero-order valence-electron chi connectivity index (χ0n) is 7.11. The molecule has 0 saturated heterocycles. The highest BCUT2D eigenvalue weighted by molar-refractivity contribution is 6.40. The first-order chi connectivity index (χ1) is 6.74. The van der Waals surface area contributed by atoms with Crippen molar-refractivity contribution in [1.29, 1.82) is 0 Å². The van der Waals surface area contributed by atoms with E-state index in [0.29, 0.717) is 16.9 Å². The van der Waals surface area contributed by atoms with Gasteiger partial charge in [0.1, 0.15) is 6.17 Å². The molecule has 6 heteroatoms. The highest BCUT2D eigenvalue weighted by Crippen LogP contribution is 2.34. The molecular weight excluding hydrogens is 223 g/mol. The highest BCUT2D eigenvalue weighted by Gasteiger charge is 2.32. The van der Waals surface area contributed by atoms with Crippen LogP contribution in [0.2, 0.25) is 10.3 Å². The lowest BCUT2D eigenvalue weighted by Gasteiger charge is -1.95. The van der Waals surface area contributed by atoms with Gasteiger partial charge < -0.3 is 0 Å². The summed E-state index contributed by atoms with van der Waals surface area (Å²) in [5.74, 6) is 0.573. The molecule has 0 aromatic carbocycles. The number of nitrogens with zero attached hydrogens (tertiary/aromatic N) is 4. The van der Waals surface area contributed by atoms with Crippen molar-refractivity contribution in [3.8, 4) is 0 Å². The molecule has 1 aliphatic heterocycles. The number of aromatic nitrogens is 2. The molecule has 72 valence electrons. The lowest BCUT2D eigenvalue weighted by atomic mass is 10.3. The van der Waals surface area contributed by atoms with Gasteiger partial charge in [0.15, 0.2) is 21.3 Å². The Bertz CT molecular complexity index is 468. The van der Waals surface area contributed by atoms with Crippen LogP contribution in [-0.2, 0) is 0 Å². The monoisotopic (exact) mass is 228 g/mol. The third kappa shape index (κ3) is 1.29. The van der Waals surface area contributed by atoms with Crippen LogP contribution >= 0.6 is 23.2 Å². The average Bonchev–Trinajstić information content (AvgIpc) is 2.90. The molecule has 0 bridgehead atoms. The largest absolute Gasteiger partial charge is 0.236 e. The van der Waals surface area contributed by atoms with E-state index >= 15 is 0 Å². The Balaban J connectivity index is 2.16. The predicted octanol–water partition coefficient (Wildman–Crippen LogP) is 0.772. The SMILES string of the molecule is Clc1nc2c(nc1Cl)=NC(C1CC1)N=2. The Hall–Kier alpha value is -0.740. The first kappa shape index (κ1) is 8.56. The Kier molecular flexibility index (Phi) is 1.76. The minimum atomic E-state index is -0.000432. The van der Waals surface area contributed by atoms with Gasteiger partial charge in [-0.3, -0.25) is 0 Å². The van der Waals surface area contributed by atoms with Crippen molar-refractivity contribution in [1.82, 2.24) is 9.97 Å². The molecule has 0 unspecified atom stereocenters. The van der Waals surface area contributed by atoms with Gasteiger partial charge in [-0.2, -0.15) is 0 Å². The van der Waals surface area contributed by atoms with Crippen molar-refractivity contribution in [2.24, 2.45) is 15.9 Å². The maximum atomic E-state index is 5.73. The van der Waals surface area contributed by atoms with E-state index in [-0.39, 0.29) is 16.5 Å². The molecule has 1 aromatic rings. The van der Waals surface area contributed by atoms with Crippen LogP contribution in [0.25, 0.3) is 0 Å². The van der Waals surface area contributed by atoms with Gasteiger partial charge in [0.05, 0.1) is 0 Å². The van der Waals surface area contributed by atoms with Crippen LogP contribution in [0.15, 0.2) is 9.98 Å². The summed E-state index contributed by atoms with van der Waals surface area (Å²) in [4.78, 5) is 16.7. The maximum absolute atomic E-state index is 5.73. The van der Waals surface area contributed by atoms with E-state index in [2.05, 4.69) is 20.0 Å². The summed E-state index contributed by atoms with van der Waals surface area (Å²) in [6, 6.07) is 0. The Morgan fingerprint density at radius 2 is 1.43 bits per heavy atom. The van der Waals surface area contributed by atoms with E-state index in [4.69, 9.17) is 23.2 Å². The van der Waals surface area contributed by atoms with Gasteiger partial charge in [0.2, 0.25) is 0 Å². The third-order valence-electron chi connectivity index (χ3n) is 2.33. The molecule has 0 amide bonds. The van der Waals surface area contributed by atoms with Gasteiger partial charge in [-0.25, -0.2) is 20.0 Å². The van der Waals surface area contributed by atoms with Crippen LogP contribution in [-0.4, -0.2) is 16.1 Å². The van der Waals surface area contributed by atoms with E-state index < -0.39 is 0 Å². The number of fused-ring (bicyclic) bond motifs is 1. The van der Waals surface area contributed by atoms with Gasteiger partial charge in [0.25, 0.3) is 0 Å². The Morgan fingerprint density at radius 3 is 1.86 bits per heavy atom. The zero-order chi connectivity index (χ0) is 9.71. The third-order valence-corrected chi connectivity index (χ3v) is 2.95. The minimum absolute atomic E-state index is 0.000432. The lowest BCUT2D eigenvalue weighted by Crippen LogP contribution is -2.29. The van der Waals surface area contributed by atoms with E-state index in [0.717, 1.165) is 0 Å². The first-order valence-electron chi connectivity index (χ1n) is 4.39. The zero-order valence-corrected chi connectivity index (χ0v) is 8.63. The number of halogens is 2. The van der Waals surface area contributed by atoms with Crippen molar-refractivity contribution in [2.75, 3.05) is 0 Å². The Morgan fingerprint density at radius 1 is 0.929 bits per heavy atom. The van der Waals surface area contributed by atoms with Crippen LogP contribution in [0.5, 0.6) is 0 Å². The normalized spacial score (nSPS) is 20.1. The molecule has 2 aliphatic rings. The summed E-state index contributed by atoms with van der Waals surface area (Å²) in [6.07, 6.45) is 2.37. The van der Waals surface area contributed by atoms with Crippen molar-refractivity contribution in [2.45, 2.75) is 19.0 Å². The summed E-state index contributed by atoms with van der Waals surface area (Å²) in [7, 11) is 0. The quantitative estimate of drug-likeness (QED) is 0.714. The van der Waals surface area contributed by atoms with Crippen molar-refractivity contribution >= 4 is 23.2 Å². The van der Waals surface area contributed by atoms with Crippen molar-refractivity contribution in [3.05, 3.63) is 21.3 Å². The molecule has 2 heterocycles. The van der Waals surface area contributed by atoms with Gasteiger partial charge in [0, 0.05) is 5.92 Å². The molecule has 1 saturated carbocycles. The van der Waals surface area contributed by atoms with Gasteiger partial charge >= 0.3 is 0 Å². The molecule has 4 nitrogen and oxygen atoms in total. The average molecular weight is 229 g/mol. The second-order valence-corrected chi connectivity index (χ2v) is 4.18. The fourth-order valence-electron chi connectivity index (χ4n) is 1.44. The van der Waals surface area contributed by atoms with E-state index in [9.17, 15) is 0 Å². The minimum Gasteiger partial charge on any atom is -0.236 e. The van der Waals surface area contributed by atoms with Crippen molar-refractivity contribution < 1.29 is 0 Å². The molecule has 1 aliphatic carbocycles. The van der Waals surface area contributed by atoms with Gasteiger partial charge in [-0.05, 0) is 12.8 Å². The van der Waals surface area contributed by atoms with Crippen molar-refractivity contribution in [3.63, 3.8) is 0 Å². The molecule has 1 aromatic heterocycles. The summed E-state index contributed by atoms with van der Waals surface area (Å²) in [5, 5.41) is 0.390. The topological polar surface area (TPSA) is 50.5 Å². The standard InChI is InChI=1S/C8H6Cl2N4/c9-4-5(10)12-8-7(11-4)13-6(14-8)3-1-2-3/h3,6H,1-2H2. The second kappa shape index (κ2) is 2.87. The van der Waals surface area contributed by atoms with Gasteiger partial charge in [-0.15, -0.1) is 0 Å². The van der Waals surface area contributed by atoms with E-state index in [1.165, 1.54) is 12.8 Å². The first-order valence-corrected chi connectivity index (χ1v) is 5.14. The fourth-order valence-corrected chi connectivity index (χ4v) is 1.68. The predicted molar refractivity (Wildman–Crippen MR) is 50.9 cm³/mol. The molecule has 1 fully saturated rings. The van der Waals surface area contributed by atoms with E-state index in [1.807, 2.05) is 0 Å². The van der Waals surface area contributed by atoms with Crippen LogP contribution in [0.3, 0.4) is 0 Å². The highest BCUT2D eigenvalue weighted by atomic mass is 35.5. The molecular formula is C8H6Cl2N4. The van der Waals surface area contributed by atoms with Crippen LogP contribution in [0, 0.1) is 5.92 Å². The maximum Gasteiger partial charge on any atom is 0.196 e. The smallest absolute Gasteiger partial charge is 0.196 e. The molecule has 0 spiro atoms. The number of hydrogen-bond acceptors (Lipinski definition) is 4. The number of rotatable bonds is 1. The molecule has 3 rings (SSSR count). The molecule has 0 atom stereocenters. The summed E-state index contributed by atoms with van der Waals surface area (Å²) >= 11 is 11.5. The second-order valence-electron chi connectivity index (χ2n) is 3.46. The molecule has 0 N–H and O–H groups in total. The van der Waals surface area contributed by atoms with E-state index in [1.54, 1.807) is 0 Å².